The molecule has 0 bridgehead atoms. The van der Waals surface area contributed by atoms with E-state index in [0.717, 1.165) is 52.2 Å². The van der Waals surface area contributed by atoms with Gasteiger partial charge >= 0.3 is 0 Å². The number of nitrogens with one attached hydrogen (secondary N) is 1. The Morgan fingerprint density at radius 3 is 2.59 bits per heavy atom. The van der Waals surface area contributed by atoms with Gasteiger partial charge in [-0.1, -0.05) is 24.3 Å². The van der Waals surface area contributed by atoms with Crippen molar-refractivity contribution >= 4 is 22.9 Å². The number of aliphatic hydroxyl groups excluding tert-OH is 1. The first-order valence-electron chi connectivity index (χ1n) is 10.9. The van der Waals surface area contributed by atoms with E-state index >= 15 is 0 Å². The Bertz CT molecular complexity index is 1210. The predicted molar refractivity (Wildman–Crippen MR) is 135 cm³/mol. The first kappa shape index (κ1) is 25.7. The Balaban J connectivity index is 0.000000189. The molecule has 180 valence electrons. The second kappa shape index (κ2) is 12.5. The van der Waals surface area contributed by atoms with Crippen LogP contribution in [0.5, 0.6) is 5.75 Å². The number of H-pyrrole nitrogens is 1. The molecule has 0 fully saturated rings. The van der Waals surface area contributed by atoms with Crippen molar-refractivity contribution in [2.24, 2.45) is 11.0 Å². The minimum Gasteiger partial charge on any atom is -0.492 e. The number of benzene rings is 3. The highest BCUT2D eigenvalue weighted by Crippen LogP contribution is 2.38. The molecule has 1 aliphatic rings. The molecule has 0 saturated heterocycles. The molecule has 1 aromatic heterocycles. The van der Waals surface area contributed by atoms with E-state index in [4.69, 9.17) is 20.2 Å². The van der Waals surface area contributed by atoms with Gasteiger partial charge in [-0.15, -0.1) is 0 Å². The van der Waals surface area contributed by atoms with Crippen LogP contribution in [0.2, 0.25) is 0 Å². The number of para-hydroxylation sites is 1. The summed E-state index contributed by atoms with van der Waals surface area (Å²) in [7, 11) is 0. The van der Waals surface area contributed by atoms with Crippen LogP contribution in [0.1, 0.15) is 23.1 Å². The lowest BCUT2D eigenvalue weighted by molar-refractivity contribution is 0.289. The van der Waals surface area contributed by atoms with Gasteiger partial charge in [-0.05, 0) is 89.9 Å². The van der Waals surface area contributed by atoms with Crippen molar-refractivity contribution in [2.45, 2.75) is 31.1 Å². The normalized spacial score (nSPS) is 11.7. The van der Waals surface area contributed by atoms with Gasteiger partial charge in [0.05, 0.1) is 11.5 Å². The van der Waals surface area contributed by atoms with Gasteiger partial charge in [0.1, 0.15) is 11.6 Å². The Hall–Kier alpha value is -2.88. The molecular formula is C26H30FN3O3S. The summed E-state index contributed by atoms with van der Waals surface area (Å²) in [4.78, 5) is 4.12. The van der Waals surface area contributed by atoms with E-state index in [0.29, 0.717) is 6.61 Å². The number of fused-ring (bicyclic) bond motifs is 2. The molecule has 34 heavy (non-hydrogen) atoms. The first-order chi connectivity index (χ1) is 16.6. The lowest BCUT2D eigenvalue weighted by Gasteiger charge is -2.10. The molecule has 0 atom stereocenters. The van der Waals surface area contributed by atoms with Gasteiger partial charge in [-0.3, -0.25) is 5.14 Å². The van der Waals surface area contributed by atoms with Crippen molar-refractivity contribution in [3.63, 3.8) is 0 Å². The topological polar surface area (TPSA) is 118 Å². The van der Waals surface area contributed by atoms with Crippen LogP contribution in [0.25, 0.3) is 22.0 Å². The molecule has 0 unspecified atom stereocenters. The summed E-state index contributed by atoms with van der Waals surface area (Å²) in [6.45, 7) is 2.84. The quantitative estimate of drug-likeness (QED) is 0.198. The monoisotopic (exact) mass is 483 g/mol. The zero-order valence-electron chi connectivity index (χ0n) is 19.1. The molecule has 6 nitrogen and oxygen atoms in total. The van der Waals surface area contributed by atoms with Gasteiger partial charge in [0, 0.05) is 30.1 Å². The molecule has 1 aliphatic heterocycles. The van der Waals surface area contributed by atoms with Gasteiger partial charge in [0.25, 0.3) is 0 Å². The van der Waals surface area contributed by atoms with E-state index in [2.05, 4.69) is 29.1 Å². The molecule has 0 radical (unpaired) electrons. The maximum absolute atomic E-state index is 13.5. The van der Waals surface area contributed by atoms with Gasteiger partial charge in [0.15, 0.2) is 0 Å². The van der Waals surface area contributed by atoms with Crippen molar-refractivity contribution in [1.29, 1.82) is 0 Å². The second-order valence-corrected chi connectivity index (χ2v) is 8.56. The molecule has 4 aromatic rings. The SMILES string of the molecule is Cc1cc(F)cc(-c2cc3c(c(SN)c2)OCC3)c1.NO.OCCCc1c[nH]c2ccccc12. The number of rotatable bonds is 5. The molecule has 3 aromatic carbocycles. The summed E-state index contributed by atoms with van der Waals surface area (Å²) in [5, 5.41) is 22.2. The Morgan fingerprint density at radius 2 is 1.85 bits per heavy atom. The summed E-state index contributed by atoms with van der Waals surface area (Å²) in [6, 6.07) is 17.3. The third-order valence-electron chi connectivity index (χ3n) is 5.53. The van der Waals surface area contributed by atoms with Crippen LogP contribution in [0.15, 0.2) is 65.7 Å². The van der Waals surface area contributed by atoms with Gasteiger partial charge < -0.3 is 20.0 Å². The zero-order chi connectivity index (χ0) is 24.5. The third kappa shape index (κ3) is 6.16. The van der Waals surface area contributed by atoms with Gasteiger partial charge in [-0.25, -0.2) is 10.3 Å². The van der Waals surface area contributed by atoms with E-state index in [1.165, 1.54) is 34.5 Å². The lowest BCUT2D eigenvalue weighted by atomic mass is 10.00. The van der Waals surface area contributed by atoms with Gasteiger partial charge in [-0.2, -0.15) is 0 Å². The van der Waals surface area contributed by atoms with Crippen LogP contribution in [0.4, 0.5) is 4.39 Å². The summed E-state index contributed by atoms with van der Waals surface area (Å²) in [6.07, 6.45) is 4.69. The largest absolute Gasteiger partial charge is 0.492 e. The fourth-order valence-electron chi connectivity index (χ4n) is 4.04. The number of halogens is 1. The Morgan fingerprint density at radius 1 is 1.09 bits per heavy atom. The summed E-state index contributed by atoms with van der Waals surface area (Å²) in [5.74, 6) is 4.16. The van der Waals surface area contributed by atoms with Crippen LogP contribution in [-0.4, -0.2) is 28.5 Å². The number of nitrogens with two attached hydrogens (primary N) is 2. The van der Waals surface area contributed by atoms with Crippen LogP contribution in [0.3, 0.4) is 0 Å². The smallest absolute Gasteiger partial charge is 0.137 e. The predicted octanol–water partition coefficient (Wildman–Crippen LogP) is 5.13. The average molecular weight is 484 g/mol. The highest BCUT2D eigenvalue weighted by molar-refractivity contribution is 7.97. The lowest BCUT2D eigenvalue weighted by Crippen LogP contribution is -1.90. The molecule has 8 heteroatoms. The molecular weight excluding hydrogens is 453 g/mol. The number of hydrogen-bond donors (Lipinski definition) is 5. The first-order valence-corrected chi connectivity index (χ1v) is 11.8. The number of aromatic nitrogens is 1. The number of aryl methyl sites for hydroxylation is 2. The van der Waals surface area contributed by atoms with Crippen LogP contribution in [-0.2, 0) is 12.8 Å². The van der Waals surface area contributed by atoms with E-state index in [1.807, 2.05) is 37.4 Å². The highest BCUT2D eigenvalue weighted by Gasteiger charge is 2.18. The Kier molecular flexibility index (Phi) is 9.50. The molecule has 2 heterocycles. The summed E-state index contributed by atoms with van der Waals surface area (Å²) >= 11 is 1.17. The standard InChI is InChI=1S/C15H14FNOS.C11H13NO.H3NO/c1-9-4-11(7-13(16)5-9)12-6-10-2-3-18-15(10)14(8-12)19-17;13-7-3-4-9-8-12-11-6-2-1-5-10(9)11;1-2/h4-8H,2-3,17H2,1H3;1-2,5-6,8,12-13H,3-4,7H2;2H,1H2. The van der Waals surface area contributed by atoms with E-state index in [9.17, 15) is 4.39 Å². The van der Waals surface area contributed by atoms with Gasteiger partial charge in [0.2, 0.25) is 0 Å². The van der Waals surface area contributed by atoms with E-state index in [-0.39, 0.29) is 12.4 Å². The molecule has 0 amide bonds. The average Bonchev–Trinajstić information content (AvgIpc) is 3.50. The molecule has 5 rings (SSSR count). The van der Waals surface area contributed by atoms with Crippen molar-refractivity contribution in [3.8, 4) is 16.9 Å². The summed E-state index contributed by atoms with van der Waals surface area (Å²) < 4.78 is 19.1. The number of hydrogen-bond acceptors (Lipinski definition) is 6. The fourth-order valence-corrected chi connectivity index (χ4v) is 4.53. The third-order valence-corrected chi connectivity index (χ3v) is 6.09. The number of aromatic amines is 1. The molecule has 0 saturated carbocycles. The zero-order valence-corrected chi connectivity index (χ0v) is 19.9. The molecule has 0 aliphatic carbocycles. The summed E-state index contributed by atoms with van der Waals surface area (Å²) in [5.41, 5.74) is 6.39. The molecule has 7 N–H and O–H groups in total. The minimum absolute atomic E-state index is 0.214. The van der Waals surface area contributed by atoms with Crippen molar-refractivity contribution in [1.82, 2.24) is 4.98 Å². The Labute approximate surface area is 202 Å². The molecule has 0 spiro atoms. The van der Waals surface area contributed by atoms with E-state index in [1.54, 1.807) is 6.07 Å². The van der Waals surface area contributed by atoms with E-state index < -0.39 is 0 Å². The second-order valence-electron chi connectivity index (χ2n) is 7.88. The fraction of sp³-hybridized carbons (Fsp3) is 0.231. The van der Waals surface area contributed by atoms with Crippen LogP contribution >= 0.6 is 11.9 Å². The minimum atomic E-state index is -0.214. The van der Waals surface area contributed by atoms with Crippen molar-refractivity contribution in [2.75, 3.05) is 13.2 Å². The number of ether oxygens (including phenoxy) is 1. The maximum Gasteiger partial charge on any atom is 0.137 e. The van der Waals surface area contributed by atoms with Crippen molar-refractivity contribution < 1.29 is 19.4 Å². The highest BCUT2D eigenvalue weighted by atomic mass is 32.2. The van der Waals surface area contributed by atoms with Crippen LogP contribution < -0.4 is 15.8 Å². The van der Waals surface area contributed by atoms with Crippen LogP contribution in [0, 0.1) is 12.7 Å². The number of aliphatic hydroxyl groups is 1. The maximum atomic E-state index is 13.5. The van der Waals surface area contributed by atoms with Crippen molar-refractivity contribution in [3.05, 3.63) is 83.3 Å².